The first-order chi connectivity index (χ1) is 14.3. The third kappa shape index (κ3) is 4.84. The Morgan fingerprint density at radius 1 is 1.27 bits per heavy atom. The fourth-order valence-corrected chi connectivity index (χ4v) is 3.81. The van der Waals surface area contributed by atoms with E-state index >= 15 is 0 Å². The molecular weight excluding hydrogens is 388 g/mol. The largest absolute Gasteiger partial charge is 0.454 e. The lowest BCUT2D eigenvalue weighted by Crippen LogP contribution is -2.32. The Hall–Kier alpha value is -3.23. The summed E-state index contributed by atoms with van der Waals surface area (Å²) in [5.74, 6) is -1.10. The number of carbonyl (C=O) groups is 2. The number of ether oxygens (including phenoxy) is 1. The normalized spacial score (nSPS) is 14.0. The van der Waals surface area contributed by atoms with Crippen LogP contribution in [0.15, 0.2) is 18.2 Å². The monoisotopic (exact) mass is 414 g/mol. The minimum atomic E-state index is -0.688. The zero-order valence-corrected chi connectivity index (χ0v) is 17.4. The van der Waals surface area contributed by atoms with Gasteiger partial charge in [0, 0.05) is 0 Å². The van der Waals surface area contributed by atoms with Crippen molar-refractivity contribution in [2.75, 3.05) is 6.61 Å². The maximum Gasteiger partial charge on any atom is 0.328 e. The lowest BCUT2D eigenvalue weighted by molar-refractivity contribution is -0.386. The molecule has 1 atom stereocenters. The Morgan fingerprint density at radius 2 is 1.97 bits per heavy atom. The van der Waals surface area contributed by atoms with Crippen LogP contribution in [-0.2, 0) is 33.7 Å². The fraction of sp³-hybridized carbons (Fsp3) is 0.476. The molecule has 1 aliphatic rings. The highest BCUT2D eigenvalue weighted by molar-refractivity contribution is 5.80. The third-order valence-corrected chi connectivity index (χ3v) is 5.42. The van der Waals surface area contributed by atoms with E-state index in [1.165, 1.54) is 42.5 Å². The number of nitrogens with zero attached hydrogens (tertiary/aromatic N) is 3. The van der Waals surface area contributed by atoms with Crippen molar-refractivity contribution in [3.8, 4) is 0 Å². The van der Waals surface area contributed by atoms with Crippen LogP contribution in [0.1, 0.15) is 53.9 Å². The van der Waals surface area contributed by atoms with Crippen molar-refractivity contribution in [2.24, 2.45) is 0 Å². The second-order valence-electron chi connectivity index (χ2n) is 7.62. The van der Waals surface area contributed by atoms with Crippen LogP contribution < -0.4 is 5.32 Å². The second kappa shape index (κ2) is 9.06. The van der Waals surface area contributed by atoms with Gasteiger partial charge in [-0.05, 0) is 63.1 Å². The smallest absolute Gasteiger partial charge is 0.328 e. The van der Waals surface area contributed by atoms with Gasteiger partial charge in [0.2, 0.25) is 0 Å². The molecule has 0 aliphatic heterocycles. The van der Waals surface area contributed by atoms with Crippen LogP contribution in [0.5, 0.6) is 0 Å². The summed E-state index contributed by atoms with van der Waals surface area (Å²) in [4.78, 5) is 34.7. The Bertz CT molecular complexity index is 982. The van der Waals surface area contributed by atoms with Crippen molar-refractivity contribution in [1.29, 1.82) is 0 Å². The highest BCUT2D eigenvalue weighted by atomic mass is 16.6. The Kier molecular flexibility index (Phi) is 6.49. The summed E-state index contributed by atoms with van der Waals surface area (Å²) in [5, 5.41) is 17.9. The van der Waals surface area contributed by atoms with Crippen molar-refractivity contribution < 1.29 is 19.2 Å². The van der Waals surface area contributed by atoms with Gasteiger partial charge in [-0.2, -0.15) is 5.10 Å². The molecule has 1 aromatic carbocycles. The molecule has 1 aliphatic carbocycles. The van der Waals surface area contributed by atoms with Gasteiger partial charge in [0.1, 0.15) is 17.9 Å². The molecule has 1 aromatic heterocycles. The van der Waals surface area contributed by atoms with Crippen LogP contribution in [0.2, 0.25) is 0 Å². The minimum Gasteiger partial charge on any atom is -0.454 e. The zero-order chi connectivity index (χ0) is 21.8. The summed E-state index contributed by atoms with van der Waals surface area (Å²) in [6.07, 6.45) is 4.57. The average molecular weight is 414 g/mol. The summed E-state index contributed by atoms with van der Waals surface area (Å²) in [5.41, 5.74) is 4.10. The predicted molar refractivity (Wildman–Crippen MR) is 109 cm³/mol. The molecule has 0 unspecified atom stereocenters. The Labute approximate surface area is 174 Å². The number of aromatic nitrogens is 2. The van der Waals surface area contributed by atoms with Gasteiger partial charge in [0.25, 0.3) is 5.91 Å². The summed E-state index contributed by atoms with van der Waals surface area (Å²) in [7, 11) is 0. The first-order valence-corrected chi connectivity index (χ1v) is 10.0. The summed E-state index contributed by atoms with van der Waals surface area (Å²) < 4.78 is 6.23. The summed E-state index contributed by atoms with van der Waals surface area (Å²) >= 11 is 0. The van der Waals surface area contributed by atoms with E-state index in [1.807, 2.05) is 13.0 Å². The van der Waals surface area contributed by atoms with Gasteiger partial charge in [0.05, 0.1) is 11.0 Å². The van der Waals surface area contributed by atoms with Crippen LogP contribution in [0.3, 0.4) is 0 Å². The number of fused-ring (bicyclic) bond motifs is 1. The van der Waals surface area contributed by atoms with Gasteiger partial charge in [-0.3, -0.25) is 24.4 Å². The molecule has 0 radical (unpaired) electrons. The van der Waals surface area contributed by atoms with Gasteiger partial charge in [-0.25, -0.2) is 0 Å². The first-order valence-electron chi connectivity index (χ1n) is 10.0. The van der Waals surface area contributed by atoms with E-state index in [2.05, 4.69) is 22.5 Å². The van der Waals surface area contributed by atoms with E-state index in [0.717, 1.165) is 18.4 Å². The molecule has 9 heteroatoms. The van der Waals surface area contributed by atoms with E-state index in [-0.39, 0.29) is 29.7 Å². The molecule has 0 saturated carbocycles. The molecule has 9 nitrogen and oxygen atoms in total. The highest BCUT2D eigenvalue weighted by Gasteiger charge is 2.23. The number of esters is 1. The SMILES string of the molecule is Cc1nn(CC(=O)OCC(=O)N[C@H](C)c2ccc3c(c2)CCCC3)c(C)c1[N+](=O)[O-]. The van der Waals surface area contributed by atoms with Crippen LogP contribution >= 0.6 is 0 Å². The number of benzene rings is 1. The standard InChI is InChI=1S/C21H26N4O5/c1-13(17-9-8-16-6-4-5-7-18(16)10-17)22-19(26)12-30-20(27)11-24-15(3)21(25(28)29)14(2)23-24/h8-10,13H,4-7,11-12H2,1-3H3,(H,22,26)/t13-/m1/s1. The molecule has 1 N–H and O–H groups in total. The maximum atomic E-state index is 12.2. The van der Waals surface area contributed by atoms with E-state index in [0.29, 0.717) is 0 Å². The molecule has 30 heavy (non-hydrogen) atoms. The Balaban J connectivity index is 1.51. The molecule has 0 bridgehead atoms. The molecule has 1 heterocycles. The van der Waals surface area contributed by atoms with Crippen molar-refractivity contribution in [2.45, 2.75) is 59.0 Å². The molecule has 0 fully saturated rings. The number of aryl methyl sites for hydroxylation is 3. The number of rotatable bonds is 7. The van der Waals surface area contributed by atoms with Crippen LogP contribution in [0.25, 0.3) is 0 Å². The molecule has 0 spiro atoms. The number of nitrogens with one attached hydrogen (secondary N) is 1. The topological polar surface area (TPSA) is 116 Å². The molecule has 160 valence electrons. The van der Waals surface area contributed by atoms with Gasteiger partial charge in [-0.1, -0.05) is 18.2 Å². The Morgan fingerprint density at radius 3 is 2.63 bits per heavy atom. The van der Waals surface area contributed by atoms with Crippen LogP contribution in [0.4, 0.5) is 5.69 Å². The van der Waals surface area contributed by atoms with E-state index in [9.17, 15) is 19.7 Å². The number of amides is 1. The number of carbonyl (C=O) groups excluding carboxylic acids is 2. The summed E-state index contributed by atoms with van der Waals surface area (Å²) in [6.45, 7) is 4.18. The number of nitro groups is 1. The van der Waals surface area contributed by atoms with E-state index < -0.39 is 23.4 Å². The van der Waals surface area contributed by atoms with Crippen LogP contribution in [-0.4, -0.2) is 33.2 Å². The lowest BCUT2D eigenvalue weighted by atomic mass is 9.89. The molecular formula is C21H26N4O5. The van der Waals surface area contributed by atoms with Gasteiger partial charge < -0.3 is 10.1 Å². The molecule has 2 aromatic rings. The second-order valence-corrected chi connectivity index (χ2v) is 7.62. The van der Waals surface area contributed by atoms with Crippen LogP contribution in [0, 0.1) is 24.0 Å². The zero-order valence-electron chi connectivity index (χ0n) is 17.4. The van der Waals surface area contributed by atoms with Gasteiger partial charge in [-0.15, -0.1) is 0 Å². The summed E-state index contributed by atoms with van der Waals surface area (Å²) in [6, 6.07) is 6.08. The van der Waals surface area contributed by atoms with Gasteiger partial charge in [0.15, 0.2) is 6.61 Å². The predicted octanol–water partition coefficient (Wildman–Crippen LogP) is 2.71. The van der Waals surface area contributed by atoms with Crippen molar-refractivity contribution >= 4 is 17.6 Å². The number of hydrogen-bond donors (Lipinski definition) is 1. The fourth-order valence-electron chi connectivity index (χ4n) is 3.81. The molecule has 3 rings (SSSR count). The minimum absolute atomic E-state index is 0.126. The quantitative estimate of drug-likeness (QED) is 0.423. The molecule has 1 amide bonds. The number of hydrogen-bond acceptors (Lipinski definition) is 6. The van der Waals surface area contributed by atoms with E-state index in [4.69, 9.17) is 4.74 Å². The van der Waals surface area contributed by atoms with Crippen molar-refractivity contribution in [1.82, 2.24) is 15.1 Å². The first kappa shape index (κ1) is 21.5. The maximum absolute atomic E-state index is 12.2. The van der Waals surface area contributed by atoms with Crippen molar-refractivity contribution in [3.05, 3.63) is 56.4 Å². The molecule has 0 saturated heterocycles. The average Bonchev–Trinajstić information content (AvgIpc) is 2.99. The third-order valence-electron chi connectivity index (χ3n) is 5.42. The van der Waals surface area contributed by atoms with Crippen molar-refractivity contribution in [3.63, 3.8) is 0 Å². The van der Waals surface area contributed by atoms with E-state index in [1.54, 1.807) is 0 Å². The van der Waals surface area contributed by atoms with Gasteiger partial charge >= 0.3 is 11.7 Å². The lowest BCUT2D eigenvalue weighted by Gasteiger charge is -2.20. The highest BCUT2D eigenvalue weighted by Crippen LogP contribution is 2.25.